The Bertz CT molecular complexity index is 1010. The normalized spacial score (nSPS) is 21.1. The lowest BCUT2D eigenvalue weighted by Gasteiger charge is -2.28. The van der Waals surface area contributed by atoms with Gasteiger partial charge in [0.05, 0.1) is 11.0 Å². The molecular weight excluding hydrogens is 350 g/mol. The van der Waals surface area contributed by atoms with Gasteiger partial charge in [0, 0.05) is 23.8 Å². The molecule has 1 aliphatic rings. The van der Waals surface area contributed by atoms with Crippen molar-refractivity contribution in [3.05, 3.63) is 48.8 Å². The summed E-state index contributed by atoms with van der Waals surface area (Å²) >= 11 is 0. The lowest BCUT2D eigenvalue weighted by atomic mass is 9.93. The van der Waals surface area contributed by atoms with Crippen LogP contribution < -0.4 is 4.72 Å². The van der Waals surface area contributed by atoms with Gasteiger partial charge >= 0.3 is 0 Å². The lowest BCUT2D eigenvalue weighted by molar-refractivity contribution is 0.101. The molecule has 0 aliphatic heterocycles. The Hall–Kier alpha value is -2.22. The van der Waals surface area contributed by atoms with Gasteiger partial charge in [-0.3, -0.25) is 0 Å². The molecule has 0 amide bonds. The van der Waals surface area contributed by atoms with Crippen LogP contribution in [0.25, 0.3) is 22.2 Å². The number of aromatic nitrogens is 2. The Morgan fingerprint density at radius 2 is 1.85 bits per heavy atom. The summed E-state index contributed by atoms with van der Waals surface area (Å²) in [7, 11) is -3.65. The maximum Gasteiger partial charge on any atom is 0.240 e. The SMILES string of the molecule is O=S(=O)(N[C@@H]1CCCC[C@H]1O)c1ccc(-c2ccnc3[nH]ccc23)cc1. The van der Waals surface area contributed by atoms with E-state index in [-0.39, 0.29) is 4.90 Å². The summed E-state index contributed by atoms with van der Waals surface area (Å²) in [6, 6.07) is 10.3. The van der Waals surface area contributed by atoms with E-state index in [1.54, 1.807) is 30.5 Å². The van der Waals surface area contributed by atoms with Gasteiger partial charge in [0.1, 0.15) is 5.65 Å². The second kappa shape index (κ2) is 6.83. The van der Waals surface area contributed by atoms with E-state index in [1.165, 1.54) is 0 Å². The highest BCUT2D eigenvalue weighted by Crippen LogP contribution is 2.28. The number of rotatable bonds is 4. The van der Waals surface area contributed by atoms with E-state index in [1.807, 2.05) is 18.3 Å². The summed E-state index contributed by atoms with van der Waals surface area (Å²) in [5, 5.41) is 11.0. The maximum atomic E-state index is 12.6. The average Bonchev–Trinajstić information content (AvgIpc) is 3.12. The number of nitrogens with zero attached hydrogens (tertiary/aromatic N) is 1. The molecule has 0 saturated heterocycles. The van der Waals surface area contributed by atoms with Crippen molar-refractivity contribution in [2.75, 3.05) is 0 Å². The first-order valence-corrected chi connectivity index (χ1v) is 10.3. The van der Waals surface area contributed by atoms with Crippen molar-refractivity contribution >= 4 is 21.1 Å². The maximum absolute atomic E-state index is 12.6. The Labute approximate surface area is 152 Å². The van der Waals surface area contributed by atoms with E-state index in [9.17, 15) is 13.5 Å². The summed E-state index contributed by atoms with van der Waals surface area (Å²) in [4.78, 5) is 7.55. The smallest absolute Gasteiger partial charge is 0.240 e. The number of benzene rings is 1. The number of nitrogens with one attached hydrogen (secondary N) is 2. The van der Waals surface area contributed by atoms with Crippen molar-refractivity contribution < 1.29 is 13.5 Å². The first-order valence-electron chi connectivity index (χ1n) is 8.77. The molecule has 3 N–H and O–H groups in total. The summed E-state index contributed by atoms with van der Waals surface area (Å²) in [6.45, 7) is 0. The van der Waals surface area contributed by atoms with Gasteiger partial charge in [-0.2, -0.15) is 0 Å². The molecular formula is C19H21N3O3S. The molecule has 2 heterocycles. The number of H-pyrrole nitrogens is 1. The van der Waals surface area contributed by atoms with Crippen LogP contribution >= 0.6 is 0 Å². The second-order valence-electron chi connectivity index (χ2n) is 6.70. The zero-order valence-corrected chi connectivity index (χ0v) is 15.0. The Morgan fingerprint density at radius 3 is 2.62 bits per heavy atom. The quantitative estimate of drug-likeness (QED) is 0.657. The van der Waals surface area contributed by atoms with Crippen LogP contribution in [-0.4, -0.2) is 35.6 Å². The van der Waals surface area contributed by atoms with E-state index in [0.717, 1.165) is 35.0 Å². The molecule has 2 aromatic heterocycles. The van der Waals surface area contributed by atoms with Crippen molar-refractivity contribution in [3.63, 3.8) is 0 Å². The molecule has 0 radical (unpaired) electrons. The molecule has 3 aromatic rings. The minimum atomic E-state index is -3.65. The molecule has 0 spiro atoms. The van der Waals surface area contributed by atoms with E-state index in [4.69, 9.17) is 0 Å². The van der Waals surface area contributed by atoms with E-state index < -0.39 is 22.2 Å². The number of aromatic amines is 1. The molecule has 2 atom stereocenters. The molecule has 1 aliphatic carbocycles. The van der Waals surface area contributed by atoms with Gasteiger partial charge in [0.15, 0.2) is 0 Å². The summed E-state index contributed by atoms with van der Waals surface area (Å²) in [5.74, 6) is 0. The van der Waals surface area contributed by atoms with E-state index in [2.05, 4.69) is 14.7 Å². The fourth-order valence-electron chi connectivity index (χ4n) is 3.54. The molecule has 1 aromatic carbocycles. The first-order chi connectivity index (χ1) is 12.5. The Morgan fingerprint density at radius 1 is 1.08 bits per heavy atom. The van der Waals surface area contributed by atoms with E-state index in [0.29, 0.717) is 12.8 Å². The molecule has 136 valence electrons. The molecule has 1 saturated carbocycles. The second-order valence-corrected chi connectivity index (χ2v) is 8.42. The number of hydrogen-bond acceptors (Lipinski definition) is 4. The molecule has 1 fully saturated rings. The minimum absolute atomic E-state index is 0.207. The lowest BCUT2D eigenvalue weighted by Crippen LogP contribution is -2.44. The highest BCUT2D eigenvalue weighted by molar-refractivity contribution is 7.89. The predicted octanol–water partition coefficient (Wildman–Crippen LogP) is 2.81. The molecule has 0 bridgehead atoms. The van der Waals surface area contributed by atoms with E-state index >= 15 is 0 Å². The third kappa shape index (κ3) is 3.25. The van der Waals surface area contributed by atoms with Crippen molar-refractivity contribution in [2.45, 2.75) is 42.7 Å². The van der Waals surface area contributed by atoms with Gasteiger partial charge in [-0.25, -0.2) is 18.1 Å². The third-order valence-electron chi connectivity index (χ3n) is 4.97. The van der Waals surface area contributed by atoms with Crippen LogP contribution in [0, 0.1) is 0 Å². The highest BCUT2D eigenvalue weighted by Gasteiger charge is 2.28. The van der Waals surface area contributed by atoms with Gasteiger partial charge in [0.25, 0.3) is 0 Å². The highest BCUT2D eigenvalue weighted by atomic mass is 32.2. The molecule has 7 heteroatoms. The monoisotopic (exact) mass is 371 g/mol. The first kappa shape index (κ1) is 17.2. The number of aliphatic hydroxyl groups excluding tert-OH is 1. The van der Waals surface area contributed by atoms with Gasteiger partial charge in [-0.15, -0.1) is 0 Å². The van der Waals surface area contributed by atoms with Gasteiger partial charge < -0.3 is 10.1 Å². The fraction of sp³-hybridized carbons (Fsp3) is 0.316. The summed E-state index contributed by atoms with van der Waals surface area (Å²) in [5.41, 5.74) is 2.72. The van der Waals surface area contributed by atoms with Crippen LogP contribution in [0.1, 0.15) is 25.7 Å². The summed E-state index contributed by atoms with van der Waals surface area (Å²) < 4.78 is 27.9. The van der Waals surface area contributed by atoms with Crippen molar-refractivity contribution in [1.29, 1.82) is 0 Å². The molecule has 4 rings (SSSR count). The number of fused-ring (bicyclic) bond motifs is 1. The largest absolute Gasteiger partial charge is 0.391 e. The van der Waals surface area contributed by atoms with Crippen LogP contribution in [0.3, 0.4) is 0 Å². The van der Waals surface area contributed by atoms with Crippen LogP contribution in [0.4, 0.5) is 0 Å². The third-order valence-corrected chi connectivity index (χ3v) is 6.48. The fourth-order valence-corrected chi connectivity index (χ4v) is 4.85. The predicted molar refractivity (Wildman–Crippen MR) is 100 cm³/mol. The van der Waals surface area contributed by atoms with Gasteiger partial charge in [-0.1, -0.05) is 25.0 Å². The van der Waals surface area contributed by atoms with Crippen LogP contribution in [-0.2, 0) is 10.0 Å². The van der Waals surface area contributed by atoms with Crippen molar-refractivity contribution in [1.82, 2.24) is 14.7 Å². The number of pyridine rings is 1. The van der Waals surface area contributed by atoms with Gasteiger partial charge in [-0.05, 0) is 48.2 Å². The van der Waals surface area contributed by atoms with Gasteiger partial charge in [0.2, 0.25) is 10.0 Å². The molecule has 0 unspecified atom stereocenters. The van der Waals surface area contributed by atoms with Crippen molar-refractivity contribution in [2.24, 2.45) is 0 Å². The number of sulfonamides is 1. The standard InChI is InChI=1S/C19H21N3O3S/c23-18-4-2-1-3-17(18)22-26(24,25)14-7-5-13(6-8-14)15-9-11-20-19-16(15)10-12-21-19/h5-12,17-18,22-23H,1-4H2,(H,20,21)/t17-,18-/m1/s1. The molecule has 6 nitrogen and oxygen atoms in total. The molecule has 26 heavy (non-hydrogen) atoms. The van der Waals surface area contributed by atoms with Crippen molar-refractivity contribution in [3.8, 4) is 11.1 Å². The average molecular weight is 371 g/mol. The zero-order chi connectivity index (χ0) is 18.1. The topological polar surface area (TPSA) is 95.1 Å². The number of aliphatic hydroxyl groups is 1. The summed E-state index contributed by atoms with van der Waals surface area (Å²) in [6.07, 6.45) is 6.12. The van der Waals surface area contributed by atoms with Crippen LogP contribution in [0.15, 0.2) is 53.7 Å². The Balaban J connectivity index is 1.60. The minimum Gasteiger partial charge on any atom is -0.391 e. The van der Waals surface area contributed by atoms with Crippen LogP contribution in [0.2, 0.25) is 0 Å². The zero-order valence-electron chi connectivity index (χ0n) is 14.2. The number of hydrogen-bond donors (Lipinski definition) is 3. The van der Waals surface area contributed by atoms with Crippen LogP contribution in [0.5, 0.6) is 0 Å². The Kier molecular flexibility index (Phi) is 4.52.